The molecule has 2 aliphatic rings. The summed E-state index contributed by atoms with van der Waals surface area (Å²) in [4.78, 5) is 22.5. The van der Waals surface area contributed by atoms with E-state index in [1.54, 1.807) is 0 Å². The lowest BCUT2D eigenvalue weighted by Gasteiger charge is -2.31. The third kappa shape index (κ3) is 3.70. The van der Waals surface area contributed by atoms with Crippen LogP contribution in [0.4, 0.5) is 4.79 Å². The number of allylic oxidation sites excluding steroid dienone is 2. The molecule has 5 heteroatoms. The van der Waals surface area contributed by atoms with Gasteiger partial charge in [0.05, 0.1) is 11.0 Å². The fraction of sp³-hybridized carbons (Fsp3) is 0.500. The number of likely N-dealkylation sites (tertiary alicyclic amines) is 1. The van der Waals surface area contributed by atoms with Gasteiger partial charge in [0.1, 0.15) is 5.82 Å². The van der Waals surface area contributed by atoms with Crippen LogP contribution in [0.2, 0.25) is 0 Å². The van der Waals surface area contributed by atoms with Crippen LogP contribution in [-0.2, 0) is 0 Å². The molecule has 1 aliphatic carbocycles. The minimum Gasteiger partial charge on any atom is -0.342 e. The van der Waals surface area contributed by atoms with Crippen LogP contribution in [-0.4, -0.2) is 40.5 Å². The highest BCUT2D eigenvalue weighted by Crippen LogP contribution is 2.27. The van der Waals surface area contributed by atoms with Gasteiger partial charge < -0.3 is 15.2 Å². The lowest BCUT2D eigenvalue weighted by molar-refractivity contribution is 0.178. The van der Waals surface area contributed by atoms with E-state index >= 15 is 0 Å². The van der Waals surface area contributed by atoms with Gasteiger partial charge in [-0.15, -0.1) is 0 Å². The molecule has 5 nitrogen and oxygen atoms in total. The van der Waals surface area contributed by atoms with E-state index in [-0.39, 0.29) is 6.03 Å². The molecule has 1 atom stereocenters. The van der Waals surface area contributed by atoms with Crippen LogP contribution in [0.1, 0.15) is 43.8 Å². The van der Waals surface area contributed by atoms with Crippen molar-refractivity contribution < 1.29 is 4.79 Å². The highest BCUT2D eigenvalue weighted by Gasteiger charge is 2.26. The number of hydrogen-bond donors (Lipinski definition) is 2. The van der Waals surface area contributed by atoms with E-state index in [0.29, 0.717) is 11.8 Å². The predicted octanol–water partition coefficient (Wildman–Crippen LogP) is 3.81. The Morgan fingerprint density at radius 2 is 2.04 bits per heavy atom. The van der Waals surface area contributed by atoms with Gasteiger partial charge >= 0.3 is 6.03 Å². The second-order valence-electron chi connectivity index (χ2n) is 7.24. The summed E-state index contributed by atoms with van der Waals surface area (Å²) in [5, 5.41) is 3.13. The van der Waals surface area contributed by atoms with Crippen molar-refractivity contribution in [2.45, 2.75) is 38.0 Å². The van der Waals surface area contributed by atoms with Crippen molar-refractivity contribution in [1.29, 1.82) is 0 Å². The molecule has 1 aromatic heterocycles. The number of hydrogen-bond acceptors (Lipinski definition) is 2. The highest BCUT2D eigenvalue weighted by molar-refractivity contribution is 5.75. The molecule has 0 bridgehead atoms. The van der Waals surface area contributed by atoms with E-state index in [4.69, 9.17) is 4.98 Å². The van der Waals surface area contributed by atoms with Gasteiger partial charge in [-0.1, -0.05) is 24.3 Å². The Hall–Kier alpha value is -2.30. The summed E-state index contributed by atoms with van der Waals surface area (Å²) in [7, 11) is 0. The SMILES string of the molecule is O=C(NCC1CC=CCC1)N1CCC(c2nc3ccccc3[nH]2)CC1. The van der Waals surface area contributed by atoms with Crippen molar-refractivity contribution in [2.24, 2.45) is 5.92 Å². The van der Waals surface area contributed by atoms with Crippen LogP contribution in [0.5, 0.6) is 0 Å². The fourth-order valence-corrected chi connectivity index (χ4v) is 3.91. The average molecular weight is 338 g/mol. The number of nitrogens with zero attached hydrogens (tertiary/aromatic N) is 2. The van der Waals surface area contributed by atoms with Crippen LogP contribution in [0, 0.1) is 5.92 Å². The number of rotatable bonds is 3. The fourth-order valence-electron chi connectivity index (χ4n) is 3.91. The zero-order valence-corrected chi connectivity index (χ0v) is 14.6. The van der Waals surface area contributed by atoms with Gasteiger partial charge in [0.15, 0.2) is 0 Å². The minimum absolute atomic E-state index is 0.0950. The van der Waals surface area contributed by atoms with Gasteiger partial charge in [-0.25, -0.2) is 9.78 Å². The summed E-state index contributed by atoms with van der Waals surface area (Å²) in [6.07, 6.45) is 9.84. The van der Waals surface area contributed by atoms with Crippen LogP contribution < -0.4 is 5.32 Å². The number of amides is 2. The number of H-pyrrole nitrogens is 1. The normalized spacial score (nSPS) is 21.6. The number of fused-ring (bicyclic) bond motifs is 1. The van der Waals surface area contributed by atoms with Crippen molar-refractivity contribution in [1.82, 2.24) is 20.2 Å². The molecule has 25 heavy (non-hydrogen) atoms. The van der Waals surface area contributed by atoms with Crippen molar-refractivity contribution >= 4 is 17.1 Å². The van der Waals surface area contributed by atoms with Gasteiger partial charge in [-0.2, -0.15) is 0 Å². The lowest BCUT2D eigenvalue weighted by atomic mass is 9.94. The predicted molar refractivity (Wildman–Crippen MR) is 99.5 cm³/mol. The molecule has 4 rings (SSSR count). The second kappa shape index (κ2) is 7.30. The number of benzene rings is 1. The van der Waals surface area contributed by atoms with Crippen LogP contribution in [0.3, 0.4) is 0 Å². The minimum atomic E-state index is 0.0950. The molecular weight excluding hydrogens is 312 g/mol. The number of piperidine rings is 1. The summed E-state index contributed by atoms with van der Waals surface area (Å²) >= 11 is 0. The Morgan fingerprint density at radius 3 is 2.80 bits per heavy atom. The summed E-state index contributed by atoms with van der Waals surface area (Å²) in [6, 6.07) is 8.24. The number of urea groups is 1. The number of carbonyl (C=O) groups excluding carboxylic acids is 1. The van der Waals surface area contributed by atoms with Crippen molar-refractivity contribution in [3.63, 3.8) is 0 Å². The van der Waals surface area contributed by atoms with E-state index in [1.165, 1.54) is 6.42 Å². The van der Waals surface area contributed by atoms with Gasteiger partial charge in [-0.3, -0.25) is 0 Å². The van der Waals surface area contributed by atoms with Gasteiger partial charge in [0.25, 0.3) is 0 Å². The first-order valence-electron chi connectivity index (χ1n) is 9.42. The molecule has 2 heterocycles. The summed E-state index contributed by atoms with van der Waals surface area (Å²) in [5.74, 6) is 2.08. The van der Waals surface area contributed by atoms with E-state index < -0.39 is 0 Å². The van der Waals surface area contributed by atoms with Crippen LogP contribution >= 0.6 is 0 Å². The number of aromatic amines is 1. The molecule has 2 aromatic rings. The molecule has 0 radical (unpaired) electrons. The molecule has 1 unspecified atom stereocenters. The topological polar surface area (TPSA) is 61.0 Å². The summed E-state index contributed by atoms with van der Waals surface area (Å²) in [6.45, 7) is 2.41. The average Bonchev–Trinajstić information content (AvgIpc) is 3.11. The maximum Gasteiger partial charge on any atom is 0.317 e. The third-order valence-electron chi connectivity index (χ3n) is 5.50. The van der Waals surface area contributed by atoms with Gasteiger partial charge in [0.2, 0.25) is 0 Å². The highest BCUT2D eigenvalue weighted by atomic mass is 16.2. The number of nitrogens with one attached hydrogen (secondary N) is 2. The smallest absolute Gasteiger partial charge is 0.317 e. The summed E-state index contributed by atoms with van der Waals surface area (Å²) < 4.78 is 0. The monoisotopic (exact) mass is 338 g/mol. The molecule has 1 saturated heterocycles. The zero-order valence-electron chi connectivity index (χ0n) is 14.6. The number of aromatic nitrogens is 2. The van der Waals surface area contributed by atoms with Crippen LogP contribution in [0.25, 0.3) is 11.0 Å². The Bertz CT molecular complexity index is 725. The second-order valence-corrected chi connectivity index (χ2v) is 7.24. The Morgan fingerprint density at radius 1 is 1.20 bits per heavy atom. The molecular formula is C20H26N4O. The molecule has 1 fully saturated rings. The molecule has 1 aromatic carbocycles. The number of para-hydroxylation sites is 2. The molecule has 0 saturated carbocycles. The van der Waals surface area contributed by atoms with E-state index in [2.05, 4.69) is 28.5 Å². The Labute approximate surface area is 148 Å². The Balaban J connectivity index is 1.28. The van der Waals surface area contributed by atoms with E-state index in [1.807, 2.05) is 23.1 Å². The molecule has 2 amide bonds. The van der Waals surface area contributed by atoms with E-state index in [9.17, 15) is 4.79 Å². The maximum atomic E-state index is 12.4. The zero-order chi connectivity index (χ0) is 17.1. The number of imidazole rings is 1. The van der Waals surface area contributed by atoms with Crippen LogP contribution in [0.15, 0.2) is 36.4 Å². The first kappa shape index (κ1) is 16.2. The molecule has 2 N–H and O–H groups in total. The maximum absolute atomic E-state index is 12.4. The first-order chi connectivity index (χ1) is 12.3. The lowest BCUT2D eigenvalue weighted by Crippen LogP contribution is -2.45. The van der Waals surface area contributed by atoms with Crippen molar-refractivity contribution in [3.05, 3.63) is 42.2 Å². The van der Waals surface area contributed by atoms with Crippen molar-refractivity contribution in [2.75, 3.05) is 19.6 Å². The van der Waals surface area contributed by atoms with Crippen molar-refractivity contribution in [3.8, 4) is 0 Å². The largest absolute Gasteiger partial charge is 0.342 e. The standard InChI is InChI=1S/C20H26N4O/c25-20(21-14-15-6-2-1-3-7-15)24-12-10-16(11-13-24)19-22-17-8-4-5-9-18(17)23-19/h1-2,4-5,8-9,15-16H,3,6-7,10-14H2,(H,21,25)(H,22,23). The van der Waals surface area contributed by atoms with E-state index in [0.717, 1.165) is 62.2 Å². The number of carbonyl (C=O) groups is 1. The van der Waals surface area contributed by atoms with Gasteiger partial charge in [-0.05, 0) is 50.2 Å². The molecule has 1 aliphatic heterocycles. The Kier molecular flexibility index (Phi) is 4.72. The van der Waals surface area contributed by atoms with Gasteiger partial charge in [0, 0.05) is 25.6 Å². The first-order valence-corrected chi connectivity index (χ1v) is 9.42. The summed E-state index contributed by atoms with van der Waals surface area (Å²) in [5.41, 5.74) is 2.12. The third-order valence-corrected chi connectivity index (χ3v) is 5.50. The quantitative estimate of drug-likeness (QED) is 0.836. The molecule has 132 valence electrons. The molecule has 0 spiro atoms.